The van der Waals surface area contributed by atoms with Gasteiger partial charge in [0.05, 0.1) is 17.7 Å². The molecule has 0 aromatic carbocycles. The summed E-state index contributed by atoms with van der Waals surface area (Å²) in [6, 6.07) is -0.505. The van der Waals surface area contributed by atoms with E-state index in [1.54, 1.807) is 13.8 Å². The van der Waals surface area contributed by atoms with Crippen LogP contribution in [0.15, 0.2) is 0 Å². The van der Waals surface area contributed by atoms with Crippen molar-refractivity contribution in [3.05, 3.63) is 5.82 Å². The number of nitrogens with zero attached hydrogens (tertiary/aromatic N) is 4. The first kappa shape index (κ1) is 14.9. The van der Waals surface area contributed by atoms with E-state index >= 15 is 0 Å². The van der Waals surface area contributed by atoms with Gasteiger partial charge >= 0.3 is 5.97 Å². The number of hydrogen-bond acceptors (Lipinski definition) is 6. The summed E-state index contributed by atoms with van der Waals surface area (Å²) in [5.41, 5.74) is 0. The lowest BCUT2D eigenvalue weighted by Crippen LogP contribution is -2.29. The van der Waals surface area contributed by atoms with Crippen LogP contribution < -0.4 is 0 Å². The lowest BCUT2D eigenvalue weighted by atomic mass is 10.0. The Kier molecular flexibility index (Phi) is 4.07. The van der Waals surface area contributed by atoms with Gasteiger partial charge < -0.3 is 5.11 Å². The van der Waals surface area contributed by atoms with E-state index in [0.717, 1.165) is 6.42 Å². The molecule has 1 aliphatic rings. The van der Waals surface area contributed by atoms with Gasteiger partial charge in [-0.2, -0.15) is 0 Å². The van der Waals surface area contributed by atoms with Gasteiger partial charge in [-0.3, -0.25) is 4.79 Å². The standard InChI is InChI=1S/C11H18N4O4S/c1-7(11(16)17)8(2)15-10(12-13-14-15)9-5-3-4-6-20(9,18)19/h7-9H,3-6H2,1-2H3,(H,16,17). The molecule has 0 saturated carbocycles. The average Bonchev–Trinajstić information content (AvgIpc) is 2.85. The maximum absolute atomic E-state index is 12.1. The van der Waals surface area contributed by atoms with E-state index in [9.17, 15) is 13.2 Å². The molecular weight excluding hydrogens is 284 g/mol. The fourth-order valence-electron chi connectivity index (χ4n) is 2.37. The van der Waals surface area contributed by atoms with Crippen molar-refractivity contribution >= 4 is 15.8 Å². The average molecular weight is 302 g/mol. The van der Waals surface area contributed by atoms with E-state index < -0.39 is 33.0 Å². The normalized spacial score (nSPS) is 25.0. The molecule has 1 aromatic rings. The maximum Gasteiger partial charge on any atom is 0.308 e. The van der Waals surface area contributed by atoms with Gasteiger partial charge in [-0.15, -0.1) is 5.10 Å². The van der Waals surface area contributed by atoms with Crippen LogP contribution in [-0.4, -0.2) is 45.5 Å². The van der Waals surface area contributed by atoms with Crippen molar-refractivity contribution in [1.29, 1.82) is 0 Å². The summed E-state index contributed by atoms with van der Waals surface area (Å²) in [7, 11) is -3.26. The van der Waals surface area contributed by atoms with E-state index in [0.29, 0.717) is 12.8 Å². The van der Waals surface area contributed by atoms with Gasteiger partial charge in [0, 0.05) is 0 Å². The maximum atomic E-state index is 12.1. The molecule has 1 aliphatic heterocycles. The van der Waals surface area contributed by atoms with Crippen molar-refractivity contribution in [3.8, 4) is 0 Å². The first-order valence-electron chi connectivity index (χ1n) is 6.56. The van der Waals surface area contributed by atoms with Crippen LogP contribution in [-0.2, 0) is 14.6 Å². The molecule has 2 heterocycles. The Balaban J connectivity index is 2.35. The molecule has 20 heavy (non-hydrogen) atoms. The van der Waals surface area contributed by atoms with Crippen molar-refractivity contribution in [2.75, 3.05) is 5.75 Å². The number of carboxylic acid groups (broad SMARTS) is 1. The van der Waals surface area contributed by atoms with Crippen molar-refractivity contribution in [1.82, 2.24) is 20.2 Å². The van der Waals surface area contributed by atoms with Crippen LogP contribution in [0.4, 0.5) is 0 Å². The number of carboxylic acids is 1. The lowest BCUT2D eigenvalue weighted by molar-refractivity contribution is -0.142. The van der Waals surface area contributed by atoms with Gasteiger partial charge in [0.1, 0.15) is 5.25 Å². The summed E-state index contributed by atoms with van der Waals surface area (Å²) < 4.78 is 25.6. The molecule has 1 aromatic heterocycles. The molecule has 1 saturated heterocycles. The Labute approximate surface area is 117 Å². The topological polar surface area (TPSA) is 115 Å². The Morgan fingerprint density at radius 1 is 1.40 bits per heavy atom. The van der Waals surface area contributed by atoms with Gasteiger partial charge in [0.25, 0.3) is 0 Å². The number of hydrogen-bond donors (Lipinski definition) is 1. The summed E-state index contributed by atoms with van der Waals surface area (Å²) in [5, 5.41) is 19.5. The molecule has 0 aliphatic carbocycles. The molecule has 1 fully saturated rings. The highest BCUT2D eigenvalue weighted by Crippen LogP contribution is 2.33. The fraction of sp³-hybridized carbons (Fsp3) is 0.818. The Morgan fingerprint density at radius 3 is 2.70 bits per heavy atom. The minimum Gasteiger partial charge on any atom is -0.481 e. The second kappa shape index (κ2) is 5.47. The molecule has 0 spiro atoms. The number of aromatic nitrogens is 4. The Bertz CT molecular complexity index is 597. The molecule has 112 valence electrons. The van der Waals surface area contributed by atoms with Crippen LogP contribution in [0.2, 0.25) is 0 Å². The molecule has 2 rings (SSSR count). The number of rotatable bonds is 4. The van der Waals surface area contributed by atoms with E-state index in [-0.39, 0.29) is 11.6 Å². The van der Waals surface area contributed by atoms with E-state index in [4.69, 9.17) is 5.11 Å². The van der Waals surface area contributed by atoms with Crippen LogP contribution in [0.25, 0.3) is 0 Å². The molecule has 0 bridgehead atoms. The summed E-state index contributed by atoms with van der Waals surface area (Å²) in [5.74, 6) is -1.28. The number of sulfone groups is 1. The first-order chi connectivity index (χ1) is 9.34. The first-order valence-corrected chi connectivity index (χ1v) is 8.28. The third-order valence-corrected chi connectivity index (χ3v) is 6.06. The monoisotopic (exact) mass is 302 g/mol. The number of aliphatic carboxylic acids is 1. The quantitative estimate of drug-likeness (QED) is 0.865. The van der Waals surface area contributed by atoms with Crippen LogP contribution in [0.3, 0.4) is 0 Å². The molecule has 8 nitrogen and oxygen atoms in total. The highest BCUT2D eigenvalue weighted by molar-refractivity contribution is 7.91. The zero-order valence-electron chi connectivity index (χ0n) is 11.4. The smallest absolute Gasteiger partial charge is 0.308 e. The number of carbonyl (C=O) groups is 1. The van der Waals surface area contributed by atoms with Crippen molar-refractivity contribution < 1.29 is 18.3 Å². The largest absolute Gasteiger partial charge is 0.481 e. The fourth-order valence-corrected chi connectivity index (χ4v) is 4.26. The molecule has 1 N–H and O–H groups in total. The highest BCUT2D eigenvalue weighted by Gasteiger charge is 2.36. The summed E-state index contributed by atoms with van der Waals surface area (Å²) >= 11 is 0. The van der Waals surface area contributed by atoms with E-state index in [1.165, 1.54) is 4.68 Å². The van der Waals surface area contributed by atoms with Crippen molar-refractivity contribution in [2.45, 2.75) is 44.4 Å². The summed E-state index contributed by atoms with van der Waals surface area (Å²) in [6.07, 6.45) is 1.94. The number of tetrazole rings is 1. The van der Waals surface area contributed by atoms with Crippen molar-refractivity contribution in [2.24, 2.45) is 5.92 Å². The highest BCUT2D eigenvalue weighted by atomic mass is 32.2. The molecule has 3 unspecified atom stereocenters. The van der Waals surface area contributed by atoms with Crippen LogP contribution in [0.5, 0.6) is 0 Å². The zero-order chi connectivity index (χ0) is 14.9. The van der Waals surface area contributed by atoms with Gasteiger partial charge in [-0.1, -0.05) is 6.42 Å². The van der Waals surface area contributed by atoms with Crippen LogP contribution >= 0.6 is 0 Å². The van der Waals surface area contributed by atoms with E-state index in [2.05, 4.69) is 15.5 Å². The summed E-state index contributed by atoms with van der Waals surface area (Å²) in [4.78, 5) is 11.1. The predicted octanol–water partition coefficient (Wildman–Crippen LogP) is 0.595. The summed E-state index contributed by atoms with van der Waals surface area (Å²) in [6.45, 7) is 3.22. The van der Waals surface area contributed by atoms with Crippen LogP contribution in [0, 0.1) is 5.92 Å². The van der Waals surface area contributed by atoms with Gasteiger partial charge in [0.15, 0.2) is 15.7 Å². The van der Waals surface area contributed by atoms with Crippen molar-refractivity contribution in [3.63, 3.8) is 0 Å². The Morgan fingerprint density at radius 2 is 2.10 bits per heavy atom. The predicted molar refractivity (Wildman–Crippen MR) is 69.7 cm³/mol. The molecular formula is C11H18N4O4S. The van der Waals surface area contributed by atoms with E-state index in [1.807, 2.05) is 0 Å². The molecule has 0 amide bonds. The lowest BCUT2D eigenvalue weighted by Gasteiger charge is -2.24. The van der Waals surface area contributed by atoms with Gasteiger partial charge in [-0.05, 0) is 37.1 Å². The molecule has 9 heteroatoms. The SMILES string of the molecule is CC(C(=O)O)C(C)n1nnnc1C1CCCCS1(=O)=O. The third kappa shape index (κ3) is 2.67. The third-order valence-electron chi connectivity index (χ3n) is 3.88. The zero-order valence-corrected chi connectivity index (χ0v) is 12.2. The second-order valence-corrected chi connectivity index (χ2v) is 7.50. The molecule has 0 radical (unpaired) electrons. The van der Waals surface area contributed by atoms with Gasteiger partial charge in [0.2, 0.25) is 0 Å². The molecule has 3 atom stereocenters. The minimum atomic E-state index is -3.26. The Hall–Kier alpha value is -1.51. The van der Waals surface area contributed by atoms with Gasteiger partial charge in [-0.25, -0.2) is 13.1 Å². The minimum absolute atomic E-state index is 0.132. The van der Waals surface area contributed by atoms with Crippen LogP contribution in [0.1, 0.15) is 50.2 Å². The second-order valence-electron chi connectivity index (χ2n) is 5.20.